The smallest absolute Gasteiger partial charge is 0.0643 e. The fourth-order valence-corrected chi connectivity index (χ4v) is 1.96. The van der Waals surface area contributed by atoms with Crippen LogP contribution in [-0.2, 0) is 20.5 Å². The summed E-state index contributed by atoms with van der Waals surface area (Å²) in [6.45, 7) is 3.05. The summed E-state index contributed by atoms with van der Waals surface area (Å²) in [5.41, 5.74) is 2.31. The van der Waals surface area contributed by atoms with Crippen LogP contribution in [0.1, 0.15) is 24.2 Å². The molecule has 0 aliphatic rings. The lowest BCUT2D eigenvalue weighted by molar-refractivity contribution is 0.539. The van der Waals surface area contributed by atoms with Crippen molar-refractivity contribution in [2.45, 2.75) is 19.4 Å². The summed E-state index contributed by atoms with van der Waals surface area (Å²) < 4.78 is 3.67. The predicted molar refractivity (Wildman–Crippen MR) is 66.5 cm³/mol. The molecule has 0 fully saturated rings. The lowest BCUT2D eigenvalue weighted by atomic mass is 10.1. The quantitative estimate of drug-likeness (QED) is 0.839. The first-order chi connectivity index (χ1) is 8.19. The third-order valence-electron chi connectivity index (χ3n) is 2.76. The van der Waals surface area contributed by atoms with Gasteiger partial charge in [0.25, 0.3) is 0 Å². The number of aryl methyl sites for hydroxylation is 2. The summed E-state index contributed by atoms with van der Waals surface area (Å²) in [7, 11) is 3.88. The van der Waals surface area contributed by atoms with E-state index in [9.17, 15) is 0 Å². The van der Waals surface area contributed by atoms with Crippen LogP contribution in [0.15, 0.2) is 24.7 Å². The van der Waals surface area contributed by atoms with E-state index in [1.54, 1.807) is 0 Å². The monoisotopic (exact) mass is 233 g/mol. The maximum absolute atomic E-state index is 4.41. The van der Waals surface area contributed by atoms with Crippen molar-refractivity contribution in [3.8, 4) is 0 Å². The van der Waals surface area contributed by atoms with Crippen molar-refractivity contribution < 1.29 is 0 Å². The van der Waals surface area contributed by atoms with Gasteiger partial charge in [-0.2, -0.15) is 10.2 Å². The lowest BCUT2D eigenvalue weighted by Crippen LogP contribution is -2.22. The molecule has 0 amide bonds. The number of nitrogens with zero attached hydrogens (tertiary/aromatic N) is 4. The maximum Gasteiger partial charge on any atom is 0.0643 e. The minimum absolute atomic E-state index is 0.281. The van der Waals surface area contributed by atoms with Crippen LogP contribution in [0.2, 0.25) is 0 Å². The fraction of sp³-hybridized carbons (Fsp3) is 0.500. The molecule has 2 aromatic rings. The molecule has 2 rings (SSSR count). The predicted octanol–water partition coefficient (Wildman–Crippen LogP) is 1.05. The molecule has 0 aliphatic carbocycles. The molecule has 1 atom stereocenters. The molecule has 0 saturated heterocycles. The molecule has 2 aromatic heterocycles. The molecular weight excluding hydrogens is 214 g/mol. The van der Waals surface area contributed by atoms with Gasteiger partial charge in [0.2, 0.25) is 0 Å². The van der Waals surface area contributed by atoms with Crippen LogP contribution < -0.4 is 5.32 Å². The molecule has 1 N–H and O–H groups in total. The van der Waals surface area contributed by atoms with Crippen molar-refractivity contribution in [1.29, 1.82) is 0 Å². The van der Waals surface area contributed by atoms with Crippen molar-refractivity contribution in [3.05, 3.63) is 35.9 Å². The number of hydrogen-bond acceptors (Lipinski definition) is 3. The second kappa shape index (κ2) is 5.14. The molecule has 5 nitrogen and oxygen atoms in total. The number of hydrogen-bond donors (Lipinski definition) is 1. The van der Waals surface area contributed by atoms with Gasteiger partial charge in [0.1, 0.15) is 0 Å². The first kappa shape index (κ1) is 11.9. The average Bonchev–Trinajstić information content (AvgIpc) is 2.87. The van der Waals surface area contributed by atoms with Crippen LogP contribution in [0.4, 0.5) is 0 Å². The summed E-state index contributed by atoms with van der Waals surface area (Å²) in [6, 6.07) is 2.34. The van der Waals surface area contributed by atoms with E-state index >= 15 is 0 Å². The Morgan fingerprint density at radius 1 is 1.35 bits per heavy atom. The summed E-state index contributed by atoms with van der Waals surface area (Å²) >= 11 is 0. The molecule has 5 heteroatoms. The first-order valence-electron chi connectivity index (χ1n) is 5.89. The normalized spacial score (nSPS) is 12.9. The molecule has 0 saturated carbocycles. The maximum atomic E-state index is 4.41. The Labute approximate surface area is 101 Å². The van der Waals surface area contributed by atoms with Gasteiger partial charge in [-0.15, -0.1) is 0 Å². The van der Waals surface area contributed by atoms with Crippen LogP contribution in [0.25, 0.3) is 0 Å². The molecule has 0 bridgehead atoms. The topological polar surface area (TPSA) is 47.7 Å². The van der Waals surface area contributed by atoms with Gasteiger partial charge < -0.3 is 5.32 Å². The zero-order valence-electron chi connectivity index (χ0n) is 10.6. The standard InChI is InChI=1S/C12H19N5/c1-4-13-12(10-8-14-17(3)9-10)7-11-5-6-16(2)15-11/h5-6,8-9,12-13H,4,7H2,1-3H3. The van der Waals surface area contributed by atoms with Crippen LogP contribution in [0.5, 0.6) is 0 Å². The first-order valence-corrected chi connectivity index (χ1v) is 5.89. The van der Waals surface area contributed by atoms with Crippen LogP contribution in [-0.4, -0.2) is 26.1 Å². The highest BCUT2D eigenvalue weighted by Crippen LogP contribution is 2.16. The highest BCUT2D eigenvalue weighted by atomic mass is 15.3. The highest BCUT2D eigenvalue weighted by Gasteiger charge is 2.14. The highest BCUT2D eigenvalue weighted by molar-refractivity contribution is 5.14. The Morgan fingerprint density at radius 2 is 2.18 bits per heavy atom. The number of aromatic nitrogens is 4. The van der Waals surface area contributed by atoms with Gasteiger partial charge in [-0.3, -0.25) is 9.36 Å². The van der Waals surface area contributed by atoms with Gasteiger partial charge in [-0.25, -0.2) is 0 Å². The second-order valence-corrected chi connectivity index (χ2v) is 4.24. The van der Waals surface area contributed by atoms with E-state index in [2.05, 4.69) is 34.7 Å². The van der Waals surface area contributed by atoms with Gasteiger partial charge in [0.05, 0.1) is 11.9 Å². The van der Waals surface area contributed by atoms with Crippen LogP contribution in [0.3, 0.4) is 0 Å². The Morgan fingerprint density at radius 3 is 2.71 bits per heavy atom. The van der Waals surface area contributed by atoms with Gasteiger partial charge in [-0.1, -0.05) is 6.92 Å². The Kier molecular flexibility index (Phi) is 3.58. The van der Waals surface area contributed by atoms with Crippen molar-refractivity contribution >= 4 is 0 Å². The van der Waals surface area contributed by atoms with Gasteiger partial charge in [-0.05, 0) is 12.6 Å². The zero-order chi connectivity index (χ0) is 12.3. The van der Waals surface area contributed by atoms with Crippen LogP contribution in [0, 0.1) is 0 Å². The molecular formula is C12H19N5. The summed E-state index contributed by atoms with van der Waals surface area (Å²) in [5, 5.41) is 12.1. The van der Waals surface area contributed by atoms with Gasteiger partial charge in [0.15, 0.2) is 0 Å². The minimum atomic E-state index is 0.281. The molecule has 0 aromatic carbocycles. The Balaban J connectivity index is 2.12. The molecule has 0 spiro atoms. The zero-order valence-corrected chi connectivity index (χ0v) is 10.6. The number of likely N-dealkylation sites (N-methyl/N-ethyl adjacent to an activating group) is 1. The average molecular weight is 233 g/mol. The SMILES string of the molecule is CCNC(Cc1ccn(C)n1)c1cnn(C)c1. The number of nitrogens with one attached hydrogen (secondary N) is 1. The van der Waals surface area contributed by atoms with E-state index in [4.69, 9.17) is 0 Å². The van der Waals surface area contributed by atoms with E-state index in [0.717, 1.165) is 18.7 Å². The van der Waals surface area contributed by atoms with Crippen molar-refractivity contribution in [1.82, 2.24) is 24.9 Å². The molecule has 1 unspecified atom stereocenters. The molecule has 0 aliphatic heterocycles. The lowest BCUT2D eigenvalue weighted by Gasteiger charge is -2.14. The molecule has 2 heterocycles. The summed E-state index contributed by atoms with van der Waals surface area (Å²) in [6.07, 6.45) is 6.83. The van der Waals surface area contributed by atoms with Crippen molar-refractivity contribution in [3.63, 3.8) is 0 Å². The fourth-order valence-electron chi connectivity index (χ4n) is 1.96. The van der Waals surface area contributed by atoms with E-state index in [-0.39, 0.29) is 6.04 Å². The van der Waals surface area contributed by atoms with Crippen LogP contribution >= 0.6 is 0 Å². The third kappa shape index (κ3) is 2.94. The van der Waals surface area contributed by atoms with E-state index in [1.807, 2.05) is 35.9 Å². The molecule has 17 heavy (non-hydrogen) atoms. The minimum Gasteiger partial charge on any atom is -0.310 e. The second-order valence-electron chi connectivity index (χ2n) is 4.24. The largest absolute Gasteiger partial charge is 0.310 e. The molecule has 0 radical (unpaired) electrons. The summed E-state index contributed by atoms with van der Waals surface area (Å²) in [4.78, 5) is 0. The Bertz CT molecular complexity index is 471. The summed E-state index contributed by atoms with van der Waals surface area (Å²) in [5.74, 6) is 0. The van der Waals surface area contributed by atoms with Crippen molar-refractivity contribution in [2.75, 3.05) is 6.54 Å². The third-order valence-corrected chi connectivity index (χ3v) is 2.76. The van der Waals surface area contributed by atoms with E-state index in [1.165, 1.54) is 5.56 Å². The number of rotatable bonds is 5. The van der Waals surface area contributed by atoms with E-state index in [0.29, 0.717) is 0 Å². The Hall–Kier alpha value is -1.62. The molecule has 92 valence electrons. The van der Waals surface area contributed by atoms with Crippen molar-refractivity contribution in [2.24, 2.45) is 14.1 Å². The van der Waals surface area contributed by atoms with E-state index < -0.39 is 0 Å². The van der Waals surface area contributed by atoms with Gasteiger partial charge >= 0.3 is 0 Å². The van der Waals surface area contributed by atoms with Gasteiger partial charge in [0, 0.05) is 44.5 Å².